The van der Waals surface area contributed by atoms with Crippen molar-refractivity contribution in [3.05, 3.63) is 103 Å². The van der Waals surface area contributed by atoms with Crippen LogP contribution in [0.15, 0.2) is 36.4 Å². The molecule has 3 aromatic carbocycles. The van der Waals surface area contributed by atoms with E-state index in [-0.39, 0.29) is 30.9 Å². The Morgan fingerprint density at radius 1 is 0.507 bits per heavy atom. The summed E-state index contributed by atoms with van der Waals surface area (Å²) in [6.07, 6.45) is 12.8. The van der Waals surface area contributed by atoms with Crippen molar-refractivity contribution in [2.75, 3.05) is 26.4 Å². The largest absolute Gasteiger partial charge is 0.485 e. The van der Waals surface area contributed by atoms with Crippen LogP contribution in [0.5, 0.6) is 0 Å². The topological polar surface area (TPSA) is 182 Å². The van der Waals surface area contributed by atoms with Crippen LogP contribution >= 0.6 is 12.2 Å². The van der Waals surface area contributed by atoms with Gasteiger partial charge in [-0.25, -0.2) is 0 Å². The molecule has 408 valence electrons. The molecule has 0 heterocycles. The average Bonchev–Trinajstić information content (AvgIpc) is 3.29. The van der Waals surface area contributed by atoms with Crippen LogP contribution in [-0.2, 0) is 60.0 Å². The van der Waals surface area contributed by atoms with Crippen molar-refractivity contribution in [3.63, 3.8) is 0 Å². The number of unbranched alkanes of at least 4 members (excludes halogenated alkanes) is 9. The summed E-state index contributed by atoms with van der Waals surface area (Å²) in [5, 5.41) is 62.3. The van der Waals surface area contributed by atoms with E-state index in [1.165, 1.54) is 38.5 Å². The number of rotatable bonds is 30. The lowest BCUT2D eigenvalue weighted by molar-refractivity contribution is -0.138. The third-order valence-electron chi connectivity index (χ3n) is 15.1. The first kappa shape index (κ1) is 63.1. The fraction of sp³-hybridized carbons (Fsp3) is 0.645. The first-order valence-corrected chi connectivity index (χ1v) is 27.5. The molecular formula is C62H94O10S. The molecule has 0 aliphatic rings. The van der Waals surface area contributed by atoms with Crippen LogP contribution in [0.1, 0.15) is 232 Å². The number of aryl methyl sites for hydroxylation is 6. The summed E-state index contributed by atoms with van der Waals surface area (Å²) in [5.74, 6) is -3.14. The molecule has 0 aliphatic heterocycles. The van der Waals surface area contributed by atoms with Gasteiger partial charge in [0.1, 0.15) is 6.61 Å². The number of benzene rings is 3. The average molecular weight is 1030 g/mol. The van der Waals surface area contributed by atoms with E-state index in [9.17, 15) is 45.0 Å². The van der Waals surface area contributed by atoms with E-state index in [1.54, 1.807) is 0 Å². The third kappa shape index (κ3) is 16.9. The molecule has 0 spiro atoms. The lowest BCUT2D eigenvalue weighted by Gasteiger charge is -2.48. The second-order valence-electron chi connectivity index (χ2n) is 24.3. The fourth-order valence-electron chi connectivity index (χ4n) is 10.6. The van der Waals surface area contributed by atoms with Gasteiger partial charge in [-0.1, -0.05) is 170 Å². The Kier molecular flexibility index (Phi) is 23.8. The lowest BCUT2D eigenvalue weighted by atomic mass is 9.56. The maximum Gasteiger partial charge on any atom is 0.303 e. The van der Waals surface area contributed by atoms with Gasteiger partial charge in [0, 0.05) is 25.2 Å². The number of hydrogen-bond donors (Lipinski definition) is 6. The molecule has 0 radical (unpaired) electrons. The Morgan fingerprint density at radius 2 is 0.849 bits per heavy atom. The van der Waals surface area contributed by atoms with Crippen LogP contribution in [0.25, 0.3) is 0 Å². The van der Waals surface area contributed by atoms with Gasteiger partial charge < -0.3 is 35.4 Å². The molecule has 6 N–H and O–H groups in total. The SMILES string of the molecule is CCCCCCCCCCCCC(c1cc(C)c(CCC(=O)O)cc1C(C)(C)C)C(C(=S)OCC(CO)(CO)CO)(c1cc(C)c(CCC(=O)O)cc1C(C)(C)C)c1cc(C)c(CCC(=O)O)cc1C(C)(C)C. The quantitative estimate of drug-likeness (QED) is 0.0276. The zero-order valence-electron chi connectivity index (χ0n) is 47.1. The fourth-order valence-corrected chi connectivity index (χ4v) is 11.0. The van der Waals surface area contributed by atoms with E-state index >= 15 is 0 Å². The summed E-state index contributed by atoms with van der Waals surface area (Å²) in [5.41, 5.74) is 6.75. The van der Waals surface area contributed by atoms with E-state index in [4.69, 9.17) is 17.0 Å². The summed E-state index contributed by atoms with van der Waals surface area (Å²) in [4.78, 5) is 36.4. The molecule has 0 fully saturated rings. The van der Waals surface area contributed by atoms with Gasteiger partial charge in [-0.2, -0.15) is 0 Å². The summed E-state index contributed by atoms with van der Waals surface area (Å²) in [7, 11) is 0. The van der Waals surface area contributed by atoms with Crippen molar-refractivity contribution in [2.24, 2.45) is 5.41 Å². The van der Waals surface area contributed by atoms with Crippen LogP contribution in [0.4, 0.5) is 0 Å². The van der Waals surface area contributed by atoms with Gasteiger partial charge in [-0.15, -0.1) is 0 Å². The van der Waals surface area contributed by atoms with Crippen LogP contribution < -0.4 is 0 Å². The number of aliphatic hydroxyl groups is 3. The van der Waals surface area contributed by atoms with Crippen molar-refractivity contribution in [1.82, 2.24) is 0 Å². The Hall–Kier alpha value is -4.16. The first-order valence-electron chi connectivity index (χ1n) is 27.1. The monoisotopic (exact) mass is 1030 g/mol. The maximum atomic E-state index is 12.1. The van der Waals surface area contributed by atoms with Gasteiger partial charge in [-0.3, -0.25) is 14.4 Å². The van der Waals surface area contributed by atoms with Crippen molar-refractivity contribution in [3.8, 4) is 0 Å². The van der Waals surface area contributed by atoms with Crippen LogP contribution in [0.3, 0.4) is 0 Å². The molecule has 11 heteroatoms. The van der Waals surface area contributed by atoms with Gasteiger partial charge in [-0.05, 0) is 142 Å². The second-order valence-corrected chi connectivity index (χ2v) is 24.7. The minimum absolute atomic E-state index is 0.0269. The molecule has 0 saturated carbocycles. The van der Waals surface area contributed by atoms with Crippen molar-refractivity contribution in [2.45, 2.75) is 227 Å². The lowest BCUT2D eigenvalue weighted by Crippen LogP contribution is -2.49. The smallest absolute Gasteiger partial charge is 0.303 e. The van der Waals surface area contributed by atoms with E-state index in [2.05, 4.69) is 106 Å². The van der Waals surface area contributed by atoms with E-state index in [0.29, 0.717) is 25.7 Å². The molecule has 0 amide bonds. The predicted octanol–water partition coefficient (Wildman–Crippen LogP) is 13.2. The number of thiocarbonyl (C=S) groups is 1. The van der Waals surface area contributed by atoms with Crippen molar-refractivity contribution >= 4 is 35.2 Å². The highest BCUT2D eigenvalue weighted by atomic mass is 32.1. The van der Waals surface area contributed by atoms with Gasteiger partial charge in [0.15, 0.2) is 5.05 Å². The molecular weight excluding hydrogens is 937 g/mol. The van der Waals surface area contributed by atoms with Crippen LogP contribution in [0, 0.1) is 26.2 Å². The number of ether oxygens (including phenoxy) is 1. The predicted molar refractivity (Wildman–Crippen MR) is 300 cm³/mol. The maximum absolute atomic E-state index is 12.1. The highest BCUT2D eigenvalue weighted by Crippen LogP contribution is 2.56. The highest BCUT2D eigenvalue weighted by molar-refractivity contribution is 7.80. The van der Waals surface area contributed by atoms with E-state index in [1.807, 2.05) is 20.8 Å². The number of carboxylic acid groups (broad SMARTS) is 3. The van der Waals surface area contributed by atoms with Crippen molar-refractivity contribution < 1.29 is 49.8 Å². The van der Waals surface area contributed by atoms with Crippen LogP contribution in [0.2, 0.25) is 0 Å². The van der Waals surface area contributed by atoms with Gasteiger partial charge in [0.25, 0.3) is 0 Å². The Balaban J connectivity index is 2.84. The number of carboxylic acids is 3. The van der Waals surface area contributed by atoms with Crippen LogP contribution in [-0.4, -0.2) is 80.0 Å². The number of aliphatic carboxylic acids is 3. The number of carbonyl (C=O) groups is 3. The Labute approximate surface area is 444 Å². The van der Waals surface area contributed by atoms with Gasteiger partial charge in [0.05, 0.1) is 30.7 Å². The molecule has 73 heavy (non-hydrogen) atoms. The number of aliphatic hydroxyl groups excluding tert-OH is 3. The molecule has 0 saturated heterocycles. The minimum Gasteiger partial charge on any atom is -0.485 e. The summed E-state index contributed by atoms with van der Waals surface area (Å²) < 4.78 is 7.07. The number of hydrogen-bond acceptors (Lipinski definition) is 8. The third-order valence-corrected chi connectivity index (χ3v) is 15.6. The zero-order chi connectivity index (χ0) is 55.1. The summed E-state index contributed by atoms with van der Waals surface area (Å²) in [6, 6.07) is 13.1. The Bertz CT molecular complexity index is 2230. The summed E-state index contributed by atoms with van der Waals surface area (Å²) >= 11 is 6.99. The standard InChI is InChI=1S/C62H94O10S/c1-14-15-16-17-18-19-20-21-22-23-24-48(47-31-41(2)44(25-28-54(66)67)34-49(47)58(5,6)7)62(57(73)72-40-61(37-63,38-64)39-65,52-32-42(3)45(26-29-55(68)69)35-50(52)59(8,9)10)53-33-43(4)46(27-30-56(70)71)36-51(53)60(11,12)13/h31-36,48,63-65H,14-30,37-40H2,1-13H3,(H,66,67)(H,68,69)(H,70,71). The molecule has 1 unspecified atom stereocenters. The van der Waals surface area contributed by atoms with Gasteiger partial charge >= 0.3 is 17.9 Å². The van der Waals surface area contributed by atoms with E-state index in [0.717, 1.165) is 92.4 Å². The Morgan fingerprint density at radius 3 is 1.19 bits per heavy atom. The second kappa shape index (κ2) is 27.6. The first-order chi connectivity index (χ1) is 34.0. The normalized spacial score (nSPS) is 13.0. The molecule has 3 aromatic rings. The molecule has 3 rings (SSSR count). The van der Waals surface area contributed by atoms with Crippen molar-refractivity contribution in [1.29, 1.82) is 0 Å². The highest BCUT2D eigenvalue weighted by Gasteiger charge is 2.53. The molecule has 0 aliphatic carbocycles. The zero-order valence-corrected chi connectivity index (χ0v) is 47.9. The van der Waals surface area contributed by atoms with E-state index < -0.39 is 70.7 Å². The van der Waals surface area contributed by atoms with Gasteiger partial charge in [0.2, 0.25) is 0 Å². The molecule has 1 atom stereocenters. The summed E-state index contributed by atoms with van der Waals surface area (Å²) in [6.45, 7) is 25.7. The molecule has 0 aromatic heterocycles. The molecule has 10 nitrogen and oxygen atoms in total. The minimum atomic E-state index is -1.45. The molecule has 0 bridgehead atoms.